The number of amides is 1. The highest BCUT2D eigenvalue weighted by Gasteiger charge is 2.30. The van der Waals surface area contributed by atoms with Gasteiger partial charge in [-0.15, -0.1) is 11.8 Å². The van der Waals surface area contributed by atoms with Crippen LogP contribution in [0, 0.1) is 13.8 Å². The van der Waals surface area contributed by atoms with Crippen molar-refractivity contribution in [1.82, 2.24) is 14.8 Å². The first-order chi connectivity index (χ1) is 9.66. The van der Waals surface area contributed by atoms with Crippen LogP contribution < -0.4 is 5.32 Å². The van der Waals surface area contributed by atoms with Crippen LogP contribution in [0.2, 0.25) is 0 Å². The molecule has 0 aromatic carbocycles. The predicted octanol–water partition coefficient (Wildman–Crippen LogP) is 1.93. The van der Waals surface area contributed by atoms with Crippen LogP contribution in [0.3, 0.4) is 0 Å². The zero-order chi connectivity index (χ0) is 14.1. The van der Waals surface area contributed by atoms with Crippen LogP contribution in [-0.4, -0.2) is 46.1 Å². The number of likely N-dealkylation sites (tertiary alicyclic amines) is 1. The Bertz CT molecular complexity index is 466. The van der Waals surface area contributed by atoms with Gasteiger partial charge in [0.2, 0.25) is 5.91 Å². The Labute approximate surface area is 124 Å². The average molecular weight is 293 g/mol. The summed E-state index contributed by atoms with van der Waals surface area (Å²) in [5.74, 6) is 2.14. The Morgan fingerprint density at radius 2 is 1.90 bits per heavy atom. The van der Waals surface area contributed by atoms with Gasteiger partial charge in [0.15, 0.2) is 0 Å². The molecule has 0 saturated carbocycles. The summed E-state index contributed by atoms with van der Waals surface area (Å²) in [6.45, 7) is 6.13. The Hall–Kier alpha value is -0.940. The first kappa shape index (κ1) is 14.0. The SMILES string of the molecule is Cc1ccc(C)n1C1CCN(C(=O)C2CSCN2)CC1. The quantitative estimate of drug-likeness (QED) is 0.905. The van der Waals surface area contributed by atoms with Crippen LogP contribution in [0.5, 0.6) is 0 Å². The first-order valence-corrected chi connectivity index (χ1v) is 8.56. The van der Waals surface area contributed by atoms with Crippen molar-refractivity contribution in [1.29, 1.82) is 0 Å². The van der Waals surface area contributed by atoms with Crippen molar-refractivity contribution in [2.45, 2.75) is 38.8 Å². The monoisotopic (exact) mass is 293 g/mol. The van der Waals surface area contributed by atoms with E-state index in [-0.39, 0.29) is 6.04 Å². The minimum Gasteiger partial charge on any atom is -0.346 e. The number of nitrogens with zero attached hydrogens (tertiary/aromatic N) is 2. The molecular weight excluding hydrogens is 270 g/mol. The molecule has 2 fully saturated rings. The van der Waals surface area contributed by atoms with E-state index in [1.54, 1.807) is 0 Å². The maximum Gasteiger partial charge on any atom is 0.240 e. The number of hydrogen-bond acceptors (Lipinski definition) is 3. The van der Waals surface area contributed by atoms with E-state index >= 15 is 0 Å². The Morgan fingerprint density at radius 1 is 1.25 bits per heavy atom. The summed E-state index contributed by atoms with van der Waals surface area (Å²) < 4.78 is 2.44. The second-order valence-electron chi connectivity index (χ2n) is 5.81. The summed E-state index contributed by atoms with van der Waals surface area (Å²) in [6, 6.07) is 4.98. The highest BCUT2D eigenvalue weighted by Crippen LogP contribution is 2.27. The van der Waals surface area contributed by atoms with Gasteiger partial charge in [-0.05, 0) is 38.8 Å². The third-order valence-corrected chi connectivity index (χ3v) is 5.42. The van der Waals surface area contributed by atoms with Crippen molar-refractivity contribution >= 4 is 17.7 Å². The summed E-state index contributed by atoms with van der Waals surface area (Å²) in [6.07, 6.45) is 2.14. The van der Waals surface area contributed by atoms with Gasteiger partial charge >= 0.3 is 0 Å². The fourth-order valence-electron chi connectivity index (χ4n) is 3.37. The molecule has 3 heterocycles. The molecule has 0 bridgehead atoms. The third kappa shape index (κ3) is 2.61. The van der Waals surface area contributed by atoms with Crippen LogP contribution >= 0.6 is 11.8 Å². The van der Waals surface area contributed by atoms with E-state index in [1.807, 2.05) is 16.7 Å². The van der Waals surface area contributed by atoms with Gasteiger partial charge in [-0.1, -0.05) is 0 Å². The van der Waals surface area contributed by atoms with Crippen LogP contribution in [0.15, 0.2) is 12.1 Å². The minimum atomic E-state index is 0.0478. The van der Waals surface area contributed by atoms with E-state index in [4.69, 9.17) is 0 Å². The van der Waals surface area contributed by atoms with Gasteiger partial charge in [0.05, 0.1) is 6.04 Å². The van der Waals surface area contributed by atoms with E-state index in [2.05, 4.69) is 35.9 Å². The smallest absolute Gasteiger partial charge is 0.240 e. The Kier molecular flexibility index (Phi) is 4.08. The summed E-state index contributed by atoms with van der Waals surface area (Å²) >= 11 is 1.81. The molecule has 1 aromatic heterocycles. The zero-order valence-corrected chi connectivity index (χ0v) is 13.1. The molecule has 2 aliphatic rings. The number of nitrogens with one attached hydrogen (secondary N) is 1. The second-order valence-corrected chi connectivity index (χ2v) is 6.84. The summed E-state index contributed by atoms with van der Waals surface area (Å²) in [5, 5.41) is 3.28. The van der Waals surface area contributed by atoms with E-state index in [0.717, 1.165) is 37.6 Å². The minimum absolute atomic E-state index is 0.0478. The van der Waals surface area contributed by atoms with Gasteiger partial charge in [0.25, 0.3) is 0 Å². The maximum absolute atomic E-state index is 12.4. The van der Waals surface area contributed by atoms with E-state index < -0.39 is 0 Å². The predicted molar refractivity (Wildman–Crippen MR) is 83.0 cm³/mol. The Morgan fingerprint density at radius 3 is 2.45 bits per heavy atom. The normalized spacial score (nSPS) is 24.3. The van der Waals surface area contributed by atoms with Crippen LogP contribution in [-0.2, 0) is 4.79 Å². The topological polar surface area (TPSA) is 37.3 Å². The largest absolute Gasteiger partial charge is 0.346 e. The molecular formula is C15H23N3OS. The molecule has 0 radical (unpaired) electrons. The number of piperidine rings is 1. The van der Waals surface area contributed by atoms with Crippen molar-refractivity contribution in [3.63, 3.8) is 0 Å². The third-order valence-electron chi connectivity index (χ3n) is 4.48. The molecule has 1 N–H and O–H groups in total. The molecule has 110 valence electrons. The summed E-state index contributed by atoms with van der Waals surface area (Å²) in [7, 11) is 0. The highest BCUT2D eigenvalue weighted by atomic mass is 32.2. The van der Waals surface area contributed by atoms with Gasteiger partial charge in [-0.25, -0.2) is 0 Å². The van der Waals surface area contributed by atoms with Gasteiger partial charge < -0.3 is 9.47 Å². The number of carbonyl (C=O) groups is 1. The lowest BCUT2D eigenvalue weighted by Crippen LogP contribution is -2.48. The number of thioether (sulfide) groups is 1. The van der Waals surface area contributed by atoms with Gasteiger partial charge in [-0.2, -0.15) is 0 Å². The molecule has 0 aliphatic carbocycles. The average Bonchev–Trinajstić information content (AvgIpc) is 3.09. The number of aryl methyl sites for hydroxylation is 2. The second kappa shape index (κ2) is 5.82. The number of aromatic nitrogens is 1. The van der Waals surface area contributed by atoms with E-state index in [9.17, 15) is 4.79 Å². The van der Waals surface area contributed by atoms with Crippen molar-refractivity contribution in [2.75, 3.05) is 24.7 Å². The van der Waals surface area contributed by atoms with Gasteiger partial charge in [0.1, 0.15) is 0 Å². The molecule has 1 unspecified atom stereocenters. The first-order valence-electron chi connectivity index (χ1n) is 7.41. The molecule has 4 nitrogen and oxygen atoms in total. The van der Waals surface area contributed by atoms with Crippen LogP contribution in [0.25, 0.3) is 0 Å². The van der Waals surface area contributed by atoms with Crippen molar-refractivity contribution in [2.24, 2.45) is 0 Å². The van der Waals surface area contributed by atoms with Crippen molar-refractivity contribution < 1.29 is 4.79 Å². The molecule has 1 amide bonds. The van der Waals surface area contributed by atoms with E-state index in [0.29, 0.717) is 11.9 Å². The molecule has 1 atom stereocenters. The fourth-order valence-corrected chi connectivity index (χ4v) is 4.31. The highest BCUT2D eigenvalue weighted by molar-refractivity contribution is 7.99. The lowest BCUT2D eigenvalue weighted by molar-refractivity contribution is -0.133. The molecule has 2 saturated heterocycles. The molecule has 3 rings (SSSR count). The molecule has 20 heavy (non-hydrogen) atoms. The van der Waals surface area contributed by atoms with Crippen molar-refractivity contribution in [3.8, 4) is 0 Å². The lowest BCUT2D eigenvalue weighted by Gasteiger charge is -2.35. The zero-order valence-electron chi connectivity index (χ0n) is 12.3. The molecule has 1 aromatic rings. The summed E-state index contributed by atoms with van der Waals surface area (Å²) in [5.41, 5.74) is 2.67. The molecule has 5 heteroatoms. The standard InChI is InChI=1S/C15H23N3OS/c1-11-3-4-12(2)18(11)13-5-7-17(8-6-13)15(19)14-9-20-10-16-14/h3-4,13-14,16H,5-10H2,1-2H3. The van der Waals surface area contributed by atoms with Crippen LogP contribution in [0.1, 0.15) is 30.3 Å². The van der Waals surface area contributed by atoms with Crippen molar-refractivity contribution in [3.05, 3.63) is 23.5 Å². The maximum atomic E-state index is 12.4. The van der Waals surface area contributed by atoms with Crippen LogP contribution in [0.4, 0.5) is 0 Å². The van der Waals surface area contributed by atoms with Gasteiger partial charge in [0, 0.05) is 42.1 Å². The number of hydrogen-bond donors (Lipinski definition) is 1. The number of carbonyl (C=O) groups excluding carboxylic acids is 1. The van der Waals surface area contributed by atoms with E-state index in [1.165, 1.54) is 11.4 Å². The lowest BCUT2D eigenvalue weighted by atomic mass is 10.0. The summed E-state index contributed by atoms with van der Waals surface area (Å²) in [4.78, 5) is 14.4. The fraction of sp³-hybridized carbons (Fsp3) is 0.667. The molecule has 2 aliphatic heterocycles. The number of rotatable bonds is 2. The molecule has 0 spiro atoms. The Balaban J connectivity index is 1.61. The van der Waals surface area contributed by atoms with Gasteiger partial charge in [-0.3, -0.25) is 10.1 Å².